The lowest BCUT2D eigenvalue weighted by atomic mass is 9.85. The normalized spacial score (nSPS) is 20.6. The van der Waals surface area contributed by atoms with Crippen molar-refractivity contribution in [1.29, 1.82) is 0 Å². The number of nitrogens with one attached hydrogen (secondary N) is 2. The van der Waals surface area contributed by atoms with Gasteiger partial charge in [-0.3, -0.25) is 9.48 Å². The fraction of sp³-hybridized carbons (Fsp3) is 0.360. The number of benzene rings is 2. The number of hydrogen-bond acceptors (Lipinski definition) is 3. The number of nitrogens with zero attached hydrogens (tertiary/aromatic N) is 2. The molecule has 5 nitrogen and oxygen atoms in total. The van der Waals surface area contributed by atoms with Gasteiger partial charge in [0.25, 0.3) is 5.91 Å². The van der Waals surface area contributed by atoms with E-state index in [9.17, 15) is 13.6 Å². The summed E-state index contributed by atoms with van der Waals surface area (Å²) in [5.41, 5.74) is 4.55. The predicted octanol–water partition coefficient (Wildman–Crippen LogP) is 4.88. The molecule has 0 spiro atoms. The first-order valence-corrected chi connectivity index (χ1v) is 12.0. The van der Waals surface area contributed by atoms with E-state index in [0.717, 1.165) is 53.2 Å². The van der Waals surface area contributed by atoms with E-state index in [1.807, 2.05) is 29.9 Å². The minimum Gasteiger partial charge on any atom is -0.347 e. The summed E-state index contributed by atoms with van der Waals surface area (Å²) in [4.78, 5) is 13.2. The zero-order chi connectivity index (χ0) is 23.1. The van der Waals surface area contributed by atoms with Crippen molar-refractivity contribution < 1.29 is 13.6 Å². The van der Waals surface area contributed by atoms with Crippen LogP contribution in [-0.4, -0.2) is 34.8 Å². The first-order chi connectivity index (χ1) is 15.9. The maximum absolute atomic E-state index is 13.8. The lowest BCUT2D eigenvalue weighted by Gasteiger charge is -2.33. The second kappa shape index (κ2) is 8.99. The van der Waals surface area contributed by atoms with Gasteiger partial charge in [-0.1, -0.05) is 12.1 Å². The molecule has 2 N–H and O–H groups in total. The van der Waals surface area contributed by atoms with Gasteiger partial charge >= 0.3 is 0 Å². The summed E-state index contributed by atoms with van der Waals surface area (Å²) in [6.07, 6.45) is 4.73. The standard InChI is InChI=1S/C25H25BrF2N4O/c1-32-24(20(26)12-30-32)18-6-4-16(10-19(18)14-2-3-14)25(33)31-23-13-29-9-8-17(23)15-5-7-21(27)22(28)11-15/h4-7,10-12,14,17,23,29H,2-3,8-9,13H2,1H3,(H,31,33)/t17-,23+/m0/s1. The molecule has 8 heteroatoms. The van der Waals surface area contributed by atoms with Crippen LogP contribution in [0.15, 0.2) is 47.1 Å². The van der Waals surface area contributed by atoms with E-state index in [-0.39, 0.29) is 17.9 Å². The van der Waals surface area contributed by atoms with E-state index < -0.39 is 11.6 Å². The van der Waals surface area contributed by atoms with Crippen LogP contribution in [0.2, 0.25) is 0 Å². The number of rotatable bonds is 5. The molecule has 172 valence electrons. The van der Waals surface area contributed by atoms with Crippen LogP contribution in [0.3, 0.4) is 0 Å². The first kappa shape index (κ1) is 22.2. The molecule has 1 aromatic heterocycles. The predicted molar refractivity (Wildman–Crippen MR) is 126 cm³/mol. The second-order valence-electron chi connectivity index (χ2n) is 8.89. The van der Waals surface area contributed by atoms with Crippen molar-refractivity contribution >= 4 is 21.8 Å². The molecule has 1 aliphatic carbocycles. The highest BCUT2D eigenvalue weighted by molar-refractivity contribution is 9.10. The van der Waals surface area contributed by atoms with Gasteiger partial charge in [0.1, 0.15) is 0 Å². The number of carbonyl (C=O) groups excluding carboxylic acids is 1. The van der Waals surface area contributed by atoms with Crippen LogP contribution in [0.25, 0.3) is 11.3 Å². The van der Waals surface area contributed by atoms with Crippen molar-refractivity contribution in [2.75, 3.05) is 13.1 Å². The zero-order valence-corrected chi connectivity index (χ0v) is 19.8. The smallest absolute Gasteiger partial charge is 0.251 e. The van der Waals surface area contributed by atoms with Gasteiger partial charge in [-0.2, -0.15) is 5.10 Å². The Balaban J connectivity index is 1.41. The summed E-state index contributed by atoms with van der Waals surface area (Å²) < 4.78 is 30.0. The fourth-order valence-corrected chi connectivity index (χ4v) is 5.33. The quantitative estimate of drug-likeness (QED) is 0.510. The Kier molecular flexibility index (Phi) is 6.05. The summed E-state index contributed by atoms with van der Waals surface area (Å²) in [5, 5.41) is 10.8. The monoisotopic (exact) mass is 514 g/mol. The number of carbonyl (C=O) groups is 1. The molecule has 2 fully saturated rings. The highest BCUT2D eigenvalue weighted by Gasteiger charge is 2.31. The first-order valence-electron chi connectivity index (χ1n) is 11.2. The van der Waals surface area contributed by atoms with Crippen LogP contribution in [-0.2, 0) is 7.05 Å². The van der Waals surface area contributed by atoms with Gasteiger partial charge in [0.15, 0.2) is 11.6 Å². The van der Waals surface area contributed by atoms with E-state index in [0.29, 0.717) is 23.6 Å². The summed E-state index contributed by atoms with van der Waals surface area (Å²) in [7, 11) is 1.91. The van der Waals surface area contributed by atoms with Crippen LogP contribution < -0.4 is 10.6 Å². The molecule has 0 unspecified atom stereocenters. The maximum Gasteiger partial charge on any atom is 0.251 e. The van der Waals surface area contributed by atoms with E-state index in [2.05, 4.69) is 31.7 Å². The fourth-order valence-electron chi connectivity index (χ4n) is 4.77. The molecule has 33 heavy (non-hydrogen) atoms. The zero-order valence-electron chi connectivity index (χ0n) is 18.2. The lowest BCUT2D eigenvalue weighted by molar-refractivity contribution is 0.0924. The molecule has 2 aliphatic rings. The molecular formula is C25H25BrF2N4O. The minimum atomic E-state index is -0.860. The molecule has 0 bridgehead atoms. The van der Waals surface area contributed by atoms with Gasteiger partial charge < -0.3 is 10.6 Å². The highest BCUT2D eigenvalue weighted by atomic mass is 79.9. The van der Waals surface area contributed by atoms with Gasteiger partial charge in [-0.05, 0) is 83.0 Å². The number of hydrogen-bond donors (Lipinski definition) is 2. The van der Waals surface area contributed by atoms with Crippen LogP contribution in [0, 0.1) is 11.6 Å². The third-order valence-electron chi connectivity index (χ3n) is 6.65. The number of aryl methyl sites for hydroxylation is 1. The van der Waals surface area contributed by atoms with E-state index in [1.54, 1.807) is 12.3 Å². The Labute approximate surface area is 199 Å². The largest absolute Gasteiger partial charge is 0.347 e. The molecule has 1 saturated carbocycles. The van der Waals surface area contributed by atoms with Crippen molar-refractivity contribution in [1.82, 2.24) is 20.4 Å². The summed E-state index contributed by atoms with van der Waals surface area (Å²) in [6, 6.07) is 9.63. The summed E-state index contributed by atoms with van der Waals surface area (Å²) >= 11 is 3.59. The molecule has 5 rings (SSSR count). The van der Waals surface area contributed by atoms with Crippen molar-refractivity contribution in [2.24, 2.45) is 7.05 Å². The molecule has 1 amide bonds. The lowest BCUT2D eigenvalue weighted by Crippen LogP contribution is -2.50. The molecule has 0 radical (unpaired) electrons. The Morgan fingerprint density at radius 1 is 1.15 bits per heavy atom. The molecular weight excluding hydrogens is 490 g/mol. The highest BCUT2D eigenvalue weighted by Crippen LogP contribution is 2.45. The van der Waals surface area contributed by atoms with Gasteiger partial charge in [-0.15, -0.1) is 0 Å². The third-order valence-corrected chi connectivity index (χ3v) is 7.23. The number of aromatic nitrogens is 2. The average molecular weight is 515 g/mol. The van der Waals surface area contributed by atoms with Gasteiger partial charge in [0.2, 0.25) is 0 Å². The number of halogens is 3. The van der Waals surface area contributed by atoms with Crippen LogP contribution >= 0.6 is 15.9 Å². The van der Waals surface area contributed by atoms with E-state index in [1.165, 1.54) is 6.07 Å². The van der Waals surface area contributed by atoms with Crippen molar-refractivity contribution in [3.63, 3.8) is 0 Å². The molecule has 2 atom stereocenters. The Morgan fingerprint density at radius 3 is 2.67 bits per heavy atom. The molecule has 2 heterocycles. The van der Waals surface area contributed by atoms with Crippen LogP contribution in [0.5, 0.6) is 0 Å². The van der Waals surface area contributed by atoms with E-state index in [4.69, 9.17) is 0 Å². The number of piperidine rings is 1. The molecule has 1 aliphatic heterocycles. The topological polar surface area (TPSA) is 59.0 Å². The van der Waals surface area contributed by atoms with Crippen LogP contribution in [0.1, 0.15) is 52.6 Å². The summed E-state index contributed by atoms with van der Waals surface area (Å²) in [5.74, 6) is -1.52. The van der Waals surface area contributed by atoms with E-state index >= 15 is 0 Å². The summed E-state index contributed by atoms with van der Waals surface area (Å²) in [6.45, 7) is 1.33. The van der Waals surface area contributed by atoms with Crippen molar-refractivity contribution in [3.8, 4) is 11.3 Å². The molecule has 2 aromatic carbocycles. The number of amides is 1. The maximum atomic E-state index is 13.8. The SMILES string of the molecule is Cn1ncc(Br)c1-c1ccc(C(=O)N[C@@H]2CNCC[C@H]2c2ccc(F)c(F)c2)cc1C1CC1. The Morgan fingerprint density at radius 2 is 1.97 bits per heavy atom. The van der Waals surface area contributed by atoms with Crippen molar-refractivity contribution in [3.05, 3.63) is 75.4 Å². The van der Waals surface area contributed by atoms with Gasteiger partial charge in [0, 0.05) is 36.7 Å². The molecule has 3 aromatic rings. The average Bonchev–Trinajstić information content (AvgIpc) is 3.60. The minimum absolute atomic E-state index is 0.0853. The second-order valence-corrected chi connectivity index (χ2v) is 9.75. The van der Waals surface area contributed by atoms with Crippen LogP contribution in [0.4, 0.5) is 8.78 Å². The molecule has 1 saturated heterocycles. The van der Waals surface area contributed by atoms with Crippen molar-refractivity contribution in [2.45, 2.75) is 37.1 Å². The van der Waals surface area contributed by atoms with Gasteiger partial charge in [0.05, 0.1) is 16.4 Å². The Hall–Kier alpha value is -2.58. The van der Waals surface area contributed by atoms with Gasteiger partial charge in [-0.25, -0.2) is 8.78 Å². The third kappa shape index (κ3) is 4.46. The Bertz CT molecular complexity index is 1190.